The second-order valence-corrected chi connectivity index (χ2v) is 4.95. The van der Waals surface area contributed by atoms with E-state index in [-0.39, 0.29) is 11.4 Å². The summed E-state index contributed by atoms with van der Waals surface area (Å²) in [6.45, 7) is 8.41. The van der Waals surface area contributed by atoms with Crippen molar-refractivity contribution in [2.75, 3.05) is 19.6 Å². The number of aromatic amines is 1. The lowest BCUT2D eigenvalue weighted by atomic mass is 10.0. The Bertz CT molecular complexity index is 396. The summed E-state index contributed by atoms with van der Waals surface area (Å²) in [6, 6.07) is 0. The summed E-state index contributed by atoms with van der Waals surface area (Å²) in [5.74, 6) is 0.0702. The van der Waals surface area contributed by atoms with Gasteiger partial charge in [0.2, 0.25) is 0 Å². The van der Waals surface area contributed by atoms with Crippen LogP contribution in [0.4, 0.5) is 0 Å². The van der Waals surface area contributed by atoms with Crippen LogP contribution < -0.4 is 5.32 Å². The van der Waals surface area contributed by atoms with Gasteiger partial charge in [-0.1, -0.05) is 0 Å². The number of hydrogen-bond acceptors (Lipinski definition) is 3. The van der Waals surface area contributed by atoms with Gasteiger partial charge in [-0.15, -0.1) is 0 Å². The lowest BCUT2D eigenvalue weighted by Crippen LogP contribution is -2.58. The Morgan fingerprint density at radius 2 is 2.31 bits per heavy atom. The van der Waals surface area contributed by atoms with Crippen molar-refractivity contribution in [1.82, 2.24) is 20.4 Å². The molecule has 1 fully saturated rings. The standard InChI is InChI=1S/C11H18N4O/c1-8-9(6-13-14-8)10(16)15-5-4-12-11(2,3)7-15/h6,12H,4-5,7H2,1-3H3,(H,13,14). The number of H-pyrrole nitrogens is 1. The molecule has 2 rings (SSSR count). The van der Waals surface area contributed by atoms with E-state index >= 15 is 0 Å². The molecule has 88 valence electrons. The Hall–Kier alpha value is -1.36. The van der Waals surface area contributed by atoms with E-state index in [9.17, 15) is 4.79 Å². The highest BCUT2D eigenvalue weighted by Crippen LogP contribution is 2.14. The van der Waals surface area contributed by atoms with Crippen LogP contribution >= 0.6 is 0 Å². The molecule has 0 unspecified atom stereocenters. The Balaban J connectivity index is 2.14. The van der Waals surface area contributed by atoms with Crippen molar-refractivity contribution in [2.24, 2.45) is 0 Å². The first kappa shape index (κ1) is 11.1. The van der Waals surface area contributed by atoms with E-state index in [1.165, 1.54) is 0 Å². The van der Waals surface area contributed by atoms with Crippen LogP contribution in [-0.2, 0) is 0 Å². The van der Waals surface area contributed by atoms with Gasteiger partial charge in [0.25, 0.3) is 5.91 Å². The number of carbonyl (C=O) groups excluding carboxylic acids is 1. The zero-order chi connectivity index (χ0) is 11.8. The summed E-state index contributed by atoms with van der Waals surface area (Å²) in [5.41, 5.74) is 1.50. The molecule has 1 aliphatic heterocycles. The lowest BCUT2D eigenvalue weighted by molar-refractivity contribution is 0.0651. The molecule has 2 heterocycles. The highest BCUT2D eigenvalue weighted by Gasteiger charge is 2.29. The fourth-order valence-corrected chi connectivity index (χ4v) is 2.05. The summed E-state index contributed by atoms with van der Waals surface area (Å²) >= 11 is 0. The molecule has 16 heavy (non-hydrogen) atoms. The molecule has 0 saturated carbocycles. The monoisotopic (exact) mass is 222 g/mol. The Kier molecular flexibility index (Phi) is 2.71. The molecule has 1 saturated heterocycles. The van der Waals surface area contributed by atoms with E-state index in [0.717, 1.165) is 25.3 Å². The molecular weight excluding hydrogens is 204 g/mol. The number of aromatic nitrogens is 2. The third-order valence-corrected chi connectivity index (χ3v) is 2.92. The summed E-state index contributed by atoms with van der Waals surface area (Å²) in [4.78, 5) is 14.1. The number of nitrogens with zero attached hydrogens (tertiary/aromatic N) is 2. The number of amides is 1. The minimum Gasteiger partial charge on any atom is -0.335 e. The average Bonchev–Trinajstić information content (AvgIpc) is 2.62. The van der Waals surface area contributed by atoms with Crippen molar-refractivity contribution in [3.8, 4) is 0 Å². The quantitative estimate of drug-likeness (QED) is 0.729. The highest BCUT2D eigenvalue weighted by atomic mass is 16.2. The molecule has 0 bridgehead atoms. The molecule has 0 atom stereocenters. The van der Waals surface area contributed by atoms with Crippen LogP contribution in [0.5, 0.6) is 0 Å². The van der Waals surface area contributed by atoms with Gasteiger partial charge >= 0.3 is 0 Å². The van der Waals surface area contributed by atoms with Crippen molar-refractivity contribution in [3.63, 3.8) is 0 Å². The van der Waals surface area contributed by atoms with Gasteiger partial charge in [0.1, 0.15) is 0 Å². The zero-order valence-corrected chi connectivity index (χ0v) is 10.0. The summed E-state index contributed by atoms with van der Waals surface area (Å²) in [6.07, 6.45) is 1.60. The molecule has 0 aromatic carbocycles. The fraction of sp³-hybridized carbons (Fsp3) is 0.636. The lowest BCUT2D eigenvalue weighted by Gasteiger charge is -2.39. The fourth-order valence-electron chi connectivity index (χ4n) is 2.05. The van der Waals surface area contributed by atoms with Crippen molar-refractivity contribution in [1.29, 1.82) is 0 Å². The number of carbonyl (C=O) groups is 1. The van der Waals surface area contributed by atoms with Crippen LogP contribution in [0, 0.1) is 6.92 Å². The largest absolute Gasteiger partial charge is 0.335 e. The molecule has 5 heteroatoms. The normalized spacial score (nSPS) is 19.8. The van der Waals surface area contributed by atoms with Gasteiger partial charge in [0.05, 0.1) is 11.8 Å². The van der Waals surface area contributed by atoms with Gasteiger partial charge in [-0.05, 0) is 20.8 Å². The molecule has 2 N–H and O–H groups in total. The van der Waals surface area contributed by atoms with Crippen LogP contribution in [0.15, 0.2) is 6.20 Å². The molecular formula is C11H18N4O. The van der Waals surface area contributed by atoms with Gasteiger partial charge in [-0.2, -0.15) is 5.10 Å². The third-order valence-electron chi connectivity index (χ3n) is 2.92. The van der Waals surface area contributed by atoms with E-state index in [1.54, 1.807) is 6.20 Å². The van der Waals surface area contributed by atoms with Gasteiger partial charge in [-0.25, -0.2) is 0 Å². The van der Waals surface area contributed by atoms with Gasteiger partial charge < -0.3 is 10.2 Å². The van der Waals surface area contributed by atoms with E-state index in [4.69, 9.17) is 0 Å². The molecule has 1 amide bonds. The maximum atomic E-state index is 12.2. The Labute approximate surface area is 95.2 Å². The maximum absolute atomic E-state index is 12.2. The van der Waals surface area contributed by atoms with Gasteiger partial charge in [0, 0.05) is 30.9 Å². The topological polar surface area (TPSA) is 61.0 Å². The number of hydrogen-bond donors (Lipinski definition) is 2. The van der Waals surface area contributed by atoms with Crippen molar-refractivity contribution in [3.05, 3.63) is 17.5 Å². The first-order valence-corrected chi connectivity index (χ1v) is 5.54. The van der Waals surface area contributed by atoms with Crippen LogP contribution in [0.1, 0.15) is 29.9 Å². The van der Waals surface area contributed by atoms with Crippen LogP contribution in [0.2, 0.25) is 0 Å². The van der Waals surface area contributed by atoms with Crippen molar-refractivity contribution < 1.29 is 4.79 Å². The van der Waals surface area contributed by atoms with Crippen molar-refractivity contribution in [2.45, 2.75) is 26.3 Å². The molecule has 0 spiro atoms. The molecule has 1 aromatic rings. The molecule has 0 aliphatic carbocycles. The first-order valence-electron chi connectivity index (χ1n) is 5.54. The molecule has 1 aromatic heterocycles. The molecule has 0 radical (unpaired) electrons. The maximum Gasteiger partial charge on any atom is 0.257 e. The van der Waals surface area contributed by atoms with Crippen LogP contribution in [0.3, 0.4) is 0 Å². The SMILES string of the molecule is Cc1[nH]ncc1C(=O)N1CCNC(C)(C)C1. The third kappa shape index (κ3) is 2.09. The second kappa shape index (κ2) is 3.90. The number of aryl methyl sites for hydroxylation is 1. The van der Waals surface area contributed by atoms with Gasteiger partial charge in [-0.3, -0.25) is 9.89 Å². The highest BCUT2D eigenvalue weighted by molar-refractivity contribution is 5.95. The Morgan fingerprint density at radius 3 is 2.88 bits per heavy atom. The number of piperazine rings is 1. The van der Waals surface area contributed by atoms with E-state index in [1.807, 2.05) is 11.8 Å². The minimum atomic E-state index is -0.00838. The van der Waals surface area contributed by atoms with Crippen molar-refractivity contribution >= 4 is 5.91 Å². The molecule has 1 aliphatic rings. The number of rotatable bonds is 1. The van der Waals surface area contributed by atoms with Gasteiger partial charge in [0.15, 0.2) is 0 Å². The van der Waals surface area contributed by atoms with Crippen LogP contribution in [-0.4, -0.2) is 46.2 Å². The summed E-state index contributed by atoms with van der Waals surface area (Å²) in [5, 5.41) is 10.1. The van der Waals surface area contributed by atoms with Crippen LogP contribution in [0.25, 0.3) is 0 Å². The first-order chi connectivity index (χ1) is 7.49. The predicted molar refractivity (Wildman–Crippen MR) is 61.3 cm³/mol. The van der Waals surface area contributed by atoms with E-state index < -0.39 is 0 Å². The van der Waals surface area contributed by atoms with E-state index in [2.05, 4.69) is 29.4 Å². The molecule has 5 nitrogen and oxygen atoms in total. The van der Waals surface area contributed by atoms with E-state index in [0.29, 0.717) is 5.56 Å². The smallest absolute Gasteiger partial charge is 0.257 e. The zero-order valence-electron chi connectivity index (χ0n) is 10.0. The minimum absolute atomic E-state index is 0.00838. The predicted octanol–water partition coefficient (Wildman–Crippen LogP) is 0.542. The summed E-state index contributed by atoms with van der Waals surface area (Å²) < 4.78 is 0. The average molecular weight is 222 g/mol. The Morgan fingerprint density at radius 1 is 1.56 bits per heavy atom. The summed E-state index contributed by atoms with van der Waals surface area (Å²) in [7, 11) is 0. The number of nitrogens with one attached hydrogen (secondary N) is 2. The second-order valence-electron chi connectivity index (χ2n) is 4.95.